The van der Waals surface area contributed by atoms with Gasteiger partial charge in [0, 0.05) is 38.2 Å². The summed E-state index contributed by atoms with van der Waals surface area (Å²) in [5.74, 6) is 1.02. The molecule has 0 aromatic carbocycles. The van der Waals surface area contributed by atoms with Crippen molar-refractivity contribution in [3.05, 3.63) is 49.9 Å². The summed E-state index contributed by atoms with van der Waals surface area (Å²) >= 11 is 6.02. The minimum atomic E-state index is -0.402. The summed E-state index contributed by atoms with van der Waals surface area (Å²) in [6, 6.07) is 0. The molecule has 8 heteroatoms. The van der Waals surface area contributed by atoms with Crippen molar-refractivity contribution in [3.63, 3.8) is 0 Å². The fourth-order valence-corrected chi connectivity index (χ4v) is 3.62. The van der Waals surface area contributed by atoms with Gasteiger partial charge in [-0.25, -0.2) is 9.78 Å². The average Bonchev–Trinajstić information content (AvgIpc) is 3.00. The number of nitrogens with zero attached hydrogens (tertiary/aromatic N) is 4. The highest BCUT2D eigenvalue weighted by Crippen LogP contribution is 2.23. The van der Waals surface area contributed by atoms with Gasteiger partial charge in [0.25, 0.3) is 5.56 Å². The Morgan fingerprint density at radius 3 is 2.74 bits per heavy atom. The monoisotopic (exact) mass is 392 g/mol. The van der Waals surface area contributed by atoms with Gasteiger partial charge < -0.3 is 9.67 Å². The van der Waals surface area contributed by atoms with E-state index in [0.29, 0.717) is 24.1 Å². The summed E-state index contributed by atoms with van der Waals surface area (Å²) in [4.78, 5) is 30.3. The van der Waals surface area contributed by atoms with E-state index in [1.165, 1.54) is 9.13 Å². The van der Waals surface area contributed by atoms with E-state index in [0.717, 1.165) is 30.1 Å². The number of hydrogen-bond acceptors (Lipinski definition) is 4. The van der Waals surface area contributed by atoms with Crippen molar-refractivity contribution in [3.8, 4) is 0 Å². The smallest absolute Gasteiger partial charge is 0.332 e. The van der Waals surface area contributed by atoms with E-state index < -0.39 is 5.69 Å². The SMILES string of the molecule is CCCc1nc2c(c(=O)n(CCCO)c(=O)n2C)n1CC1C=CC(Cl)=CC1. The van der Waals surface area contributed by atoms with E-state index in [-0.39, 0.29) is 24.6 Å². The minimum Gasteiger partial charge on any atom is -0.396 e. The van der Waals surface area contributed by atoms with Crippen LogP contribution in [-0.4, -0.2) is 30.4 Å². The van der Waals surface area contributed by atoms with Crippen molar-refractivity contribution in [2.45, 2.75) is 45.7 Å². The Kier molecular flexibility index (Phi) is 6.01. The van der Waals surface area contributed by atoms with Crippen LogP contribution in [0, 0.1) is 5.92 Å². The highest BCUT2D eigenvalue weighted by atomic mass is 35.5. The van der Waals surface area contributed by atoms with Crippen LogP contribution in [0.2, 0.25) is 0 Å². The first-order chi connectivity index (χ1) is 13.0. The van der Waals surface area contributed by atoms with Crippen LogP contribution in [0.4, 0.5) is 0 Å². The van der Waals surface area contributed by atoms with Gasteiger partial charge >= 0.3 is 5.69 Å². The summed E-state index contributed by atoms with van der Waals surface area (Å²) in [6.07, 6.45) is 8.67. The molecule has 0 saturated heterocycles. The molecule has 0 fully saturated rings. The first-order valence-corrected chi connectivity index (χ1v) is 9.69. The maximum absolute atomic E-state index is 13.1. The van der Waals surface area contributed by atoms with Gasteiger partial charge in [0.2, 0.25) is 0 Å². The van der Waals surface area contributed by atoms with Crippen LogP contribution < -0.4 is 11.2 Å². The Bertz CT molecular complexity index is 1010. The van der Waals surface area contributed by atoms with Gasteiger partial charge in [0.05, 0.1) is 0 Å². The molecule has 1 N–H and O–H groups in total. The quantitative estimate of drug-likeness (QED) is 0.780. The topological polar surface area (TPSA) is 82.1 Å². The molecule has 1 atom stereocenters. The van der Waals surface area contributed by atoms with Crippen LogP contribution in [0.25, 0.3) is 11.2 Å². The van der Waals surface area contributed by atoms with Crippen molar-refractivity contribution < 1.29 is 5.11 Å². The first-order valence-electron chi connectivity index (χ1n) is 9.31. The third kappa shape index (κ3) is 3.80. The number of imidazole rings is 1. The van der Waals surface area contributed by atoms with Gasteiger partial charge in [-0.2, -0.15) is 0 Å². The molecule has 2 heterocycles. The molecule has 2 aromatic rings. The average molecular weight is 393 g/mol. The lowest BCUT2D eigenvalue weighted by Gasteiger charge is -2.17. The van der Waals surface area contributed by atoms with Gasteiger partial charge in [-0.3, -0.25) is 13.9 Å². The third-order valence-electron chi connectivity index (χ3n) is 4.89. The van der Waals surface area contributed by atoms with Crippen molar-refractivity contribution in [2.24, 2.45) is 13.0 Å². The molecule has 1 unspecified atom stereocenters. The van der Waals surface area contributed by atoms with Crippen LogP contribution in [0.5, 0.6) is 0 Å². The lowest BCUT2D eigenvalue weighted by Crippen LogP contribution is -2.40. The number of fused-ring (bicyclic) bond motifs is 1. The number of aryl methyl sites for hydroxylation is 2. The van der Waals surface area contributed by atoms with E-state index >= 15 is 0 Å². The van der Waals surface area contributed by atoms with Crippen LogP contribution in [0.15, 0.2) is 32.8 Å². The molecule has 0 aliphatic heterocycles. The predicted molar refractivity (Wildman–Crippen MR) is 106 cm³/mol. The van der Waals surface area contributed by atoms with Crippen LogP contribution in [-0.2, 0) is 26.6 Å². The number of aliphatic hydroxyl groups excluding tert-OH is 1. The summed E-state index contributed by atoms with van der Waals surface area (Å²) in [5, 5.41) is 9.82. The number of aliphatic hydroxyl groups is 1. The fraction of sp³-hybridized carbons (Fsp3) is 0.526. The van der Waals surface area contributed by atoms with Crippen molar-refractivity contribution in [2.75, 3.05) is 6.61 Å². The highest BCUT2D eigenvalue weighted by Gasteiger charge is 2.21. The Morgan fingerprint density at radius 1 is 1.33 bits per heavy atom. The normalized spacial score (nSPS) is 16.9. The standard InChI is InChI=1S/C19H25ClN4O3/c1-3-5-15-21-17-16(24(15)12-13-6-8-14(20)9-7-13)18(26)23(10-4-11-25)19(27)22(17)2/h6,8-9,13,25H,3-5,7,10-12H2,1-2H3. The molecule has 2 aromatic heterocycles. The zero-order valence-electron chi connectivity index (χ0n) is 15.7. The van der Waals surface area contributed by atoms with E-state index in [9.17, 15) is 9.59 Å². The van der Waals surface area contributed by atoms with E-state index in [4.69, 9.17) is 16.7 Å². The van der Waals surface area contributed by atoms with E-state index in [2.05, 4.69) is 18.0 Å². The number of hydrogen-bond donors (Lipinski definition) is 1. The molecule has 0 amide bonds. The lowest BCUT2D eigenvalue weighted by atomic mass is 10.0. The Balaban J connectivity index is 2.16. The molecular formula is C19H25ClN4O3. The molecule has 1 aliphatic carbocycles. The Morgan fingerprint density at radius 2 is 2.11 bits per heavy atom. The van der Waals surface area contributed by atoms with Gasteiger partial charge in [-0.1, -0.05) is 30.7 Å². The maximum Gasteiger partial charge on any atom is 0.332 e. The maximum atomic E-state index is 13.1. The number of aromatic nitrogens is 4. The highest BCUT2D eigenvalue weighted by molar-refractivity contribution is 6.31. The molecule has 27 heavy (non-hydrogen) atoms. The van der Waals surface area contributed by atoms with Crippen molar-refractivity contribution in [1.29, 1.82) is 0 Å². The van der Waals surface area contributed by atoms with Crippen molar-refractivity contribution in [1.82, 2.24) is 18.7 Å². The zero-order valence-corrected chi connectivity index (χ0v) is 16.4. The first kappa shape index (κ1) is 19.6. The molecule has 3 rings (SSSR count). The van der Waals surface area contributed by atoms with Gasteiger partial charge in [-0.15, -0.1) is 0 Å². The molecule has 0 spiro atoms. The summed E-state index contributed by atoms with van der Waals surface area (Å²) < 4.78 is 4.58. The van der Waals surface area contributed by atoms with Gasteiger partial charge in [-0.05, 0) is 31.3 Å². The van der Waals surface area contributed by atoms with Gasteiger partial charge in [0.1, 0.15) is 5.82 Å². The second-order valence-corrected chi connectivity index (χ2v) is 7.32. The summed E-state index contributed by atoms with van der Waals surface area (Å²) in [5.41, 5.74) is 0.125. The van der Waals surface area contributed by atoms with Crippen LogP contribution in [0.1, 0.15) is 32.0 Å². The molecule has 0 bridgehead atoms. The Hall–Kier alpha value is -2.12. The van der Waals surface area contributed by atoms with Crippen molar-refractivity contribution >= 4 is 22.8 Å². The third-order valence-corrected chi connectivity index (χ3v) is 5.17. The molecule has 146 valence electrons. The second-order valence-electron chi connectivity index (χ2n) is 6.88. The Labute approximate surface area is 162 Å². The van der Waals surface area contributed by atoms with Crippen LogP contribution >= 0.6 is 11.6 Å². The summed E-state index contributed by atoms with van der Waals surface area (Å²) in [6.45, 7) is 2.78. The molecule has 1 aliphatic rings. The van der Waals surface area contributed by atoms with E-state index in [1.54, 1.807) is 7.05 Å². The predicted octanol–water partition coefficient (Wildman–Crippen LogP) is 1.93. The van der Waals surface area contributed by atoms with Gasteiger partial charge in [0.15, 0.2) is 11.2 Å². The number of allylic oxidation sites excluding steroid dienone is 4. The largest absolute Gasteiger partial charge is 0.396 e. The lowest BCUT2D eigenvalue weighted by molar-refractivity contribution is 0.277. The summed E-state index contributed by atoms with van der Waals surface area (Å²) in [7, 11) is 1.63. The minimum absolute atomic E-state index is 0.0755. The van der Waals surface area contributed by atoms with E-state index in [1.807, 2.05) is 16.7 Å². The van der Waals surface area contributed by atoms with Crippen LogP contribution in [0.3, 0.4) is 0 Å². The molecular weight excluding hydrogens is 368 g/mol. The second kappa shape index (κ2) is 8.27. The molecule has 0 saturated carbocycles. The molecule has 0 radical (unpaired) electrons. The zero-order chi connectivity index (χ0) is 19.6. The fourth-order valence-electron chi connectivity index (χ4n) is 3.46. The number of halogens is 1. The number of rotatable bonds is 7. The molecule has 7 nitrogen and oxygen atoms in total.